The Balaban J connectivity index is 1.34. The van der Waals surface area contributed by atoms with Gasteiger partial charge in [-0.05, 0) is 67.7 Å². The summed E-state index contributed by atoms with van der Waals surface area (Å²) >= 11 is 0. The first kappa shape index (κ1) is 23.8. The number of nitrogens with zero attached hydrogens (tertiary/aromatic N) is 1. The Morgan fingerprint density at radius 3 is 1.21 bits per heavy atom. The SMILES string of the molecule is O=C1OC(=O)c2ccc3c4ccc5c6c(ccc(c7ccc1c2c73)c64)C(=O)N(C(c1ccccc1)c1ccccc1)C5=O. The summed E-state index contributed by atoms with van der Waals surface area (Å²) in [6.07, 6.45) is 0. The van der Waals surface area contributed by atoms with Gasteiger partial charge in [-0.2, -0.15) is 0 Å². The normalized spacial score (nSPS) is 14.6. The standard InChI is InChI=1S/C37H19NO5/c39-34-25-15-11-21-23-13-17-27-32-28(37(42)43-36(27)41)18-14-24(30(23)32)22-12-16-26(31(25)29(21)22)35(40)38(34)33(19-7-3-1-4-8-19)20-9-5-2-6-10-20/h1-18,33H. The van der Waals surface area contributed by atoms with Gasteiger partial charge in [-0.25, -0.2) is 9.59 Å². The van der Waals surface area contributed by atoms with Crippen LogP contribution >= 0.6 is 0 Å². The highest BCUT2D eigenvalue weighted by molar-refractivity contribution is 6.40. The topological polar surface area (TPSA) is 80.8 Å². The lowest BCUT2D eigenvalue weighted by molar-refractivity contribution is 0.0389. The first-order valence-corrected chi connectivity index (χ1v) is 14.0. The summed E-state index contributed by atoms with van der Waals surface area (Å²) in [6.45, 7) is 0. The van der Waals surface area contributed by atoms with Gasteiger partial charge < -0.3 is 4.74 Å². The highest BCUT2D eigenvalue weighted by Gasteiger charge is 2.40. The van der Waals surface area contributed by atoms with Gasteiger partial charge in [-0.3, -0.25) is 14.5 Å². The van der Waals surface area contributed by atoms with E-state index in [-0.39, 0.29) is 11.8 Å². The van der Waals surface area contributed by atoms with Crippen molar-refractivity contribution in [2.45, 2.75) is 6.04 Å². The number of hydrogen-bond donors (Lipinski definition) is 0. The third-order valence-electron chi connectivity index (χ3n) is 8.91. The van der Waals surface area contributed by atoms with Gasteiger partial charge in [0.2, 0.25) is 0 Å². The molecule has 7 aromatic carbocycles. The molecule has 0 radical (unpaired) electrons. The molecular weight excluding hydrogens is 538 g/mol. The van der Waals surface area contributed by atoms with Gasteiger partial charge in [0.15, 0.2) is 0 Å². The van der Waals surface area contributed by atoms with E-state index in [1.807, 2.05) is 84.9 Å². The Morgan fingerprint density at radius 2 is 0.791 bits per heavy atom. The average molecular weight is 558 g/mol. The lowest BCUT2D eigenvalue weighted by Gasteiger charge is -2.35. The maximum atomic E-state index is 14.4. The third-order valence-corrected chi connectivity index (χ3v) is 8.91. The second-order valence-corrected chi connectivity index (χ2v) is 11.0. The molecule has 0 unspecified atom stereocenters. The number of carbonyl (C=O) groups excluding carboxylic acids is 4. The van der Waals surface area contributed by atoms with Crippen molar-refractivity contribution < 1.29 is 23.9 Å². The lowest BCUT2D eigenvalue weighted by atomic mass is 9.82. The molecule has 7 aromatic rings. The molecule has 2 aliphatic heterocycles. The van der Waals surface area contributed by atoms with E-state index in [0.717, 1.165) is 43.4 Å². The van der Waals surface area contributed by atoms with Gasteiger partial charge in [0, 0.05) is 21.9 Å². The second kappa shape index (κ2) is 8.33. The predicted molar refractivity (Wildman–Crippen MR) is 163 cm³/mol. The van der Waals surface area contributed by atoms with Gasteiger partial charge >= 0.3 is 11.9 Å². The Hall–Kier alpha value is -5.88. The Morgan fingerprint density at radius 1 is 0.419 bits per heavy atom. The minimum Gasteiger partial charge on any atom is -0.386 e. The molecule has 6 nitrogen and oxygen atoms in total. The molecule has 2 heterocycles. The molecule has 0 aromatic heterocycles. The molecule has 0 fully saturated rings. The summed E-state index contributed by atoms with van der Waals surface area (Å²) in [6, 6.07) is 33.1. The molecule has 6 heteroatoms. The van der Waals surface area contributed by atoms with Crippen molar-refractivity contribution in [3.63, 3.8) is 0 Å². The maximum Gasteiger partial charge on any atom is 0.346 e. The summed E-state index contributed by atoms with van der Waals surface area (Å²) in [5.41, 5.74) is 3.29. The van der Waals surface area contributed by atoms with E-state index in [1.165, 1.54) is 4.90 Å². The van der Waals surface area contributed by atoms with Gasteiger partial charge in [-0.15, -0.1) is 0 Å². The molecule has 0 saturated carbocycles. The summed E-state index contributed by atoms with van der Waals surface area (Å²) in [5.74, 6) is -2.05. The van der Waals surface area contributed by atoms with Crippen LogP contribution < -0.4 is 0 Å². The first-order chi connectivity index (χ1) is 21.0. The van der Waals surface area contributed by atoms with Crippen molar-refractivity contribution >= 4 is 66.8 Å². The molecule has 202 valence electrons. The van der Waals surface area contributed by atoms with E-state index >= 15 is 0 Å². The van der Waals surface area contributed by atoms with Crippen LogP contribution in [0, 0.1) is 0 Å². The Bertz CT molecular complexity index is 2240. The number of fused-ring (bicyclic) bond motifs is 2. The van der Waals surface area contributed by atoms with Crippen LogP contribution in [0.3, 0.4) is 0 Å². The maximum absolute atomic E-state index is 14.4. The molecule has 0 aliphatic carbocycles. The highest BCUT2D eigenvalue weighted by atomic mass is 16.6. The van der Waals surface area contributed by atoms with Crippen LogP contribution in [-0.4, -0.2) is 28.7 Å². The van der Waals surface area contributed by atoms with Crippen LogP contribution in [-0.2, 0) is 4.74 Å². The van der Waals surface area contributed by atoms with Crippen molar-refractivity contribution in [1.82, 2.24) is 4.90 Å². The zero-order chi connectivity index (χ0) is 29.0. The number of hydrogen-bond acceptors (Lipinski definition) is 5. The van der Waals surface area contributed by atoms with Crippen molar-refractivity contribution in [3.8, 4) is 0 Å². The second-order valence-electron chi connectivity index (χ2n) is 11.0. The molecule has 0 saturated heterocycles. The quantitative estimate of drug-likeness (QED) is 0.0742. The number of carbonyl (C=O) groups is 4. The zero-order valence-corrected chi connectivity index (χ0v) is 22.5. The fraction of sp³-hybridized carbons (Fsp3) is 0.0270. The molecule has 43 heavy (non-hydrogen) atoms. The Kier molecular flexibility index (Phi) is 4.61. The molecule has 0 N–H and O–H groups in total. The van der Waals surface area contributed by atoms with Crippen molar-refractivity contribution in [2.75, 3.05) is 0 Å². The van der Waals surface area contributed by atoms with Crippen LogP contribution in [0.4, 0.5) is 0 Å². The summed E-state index contributed by atoms with van der Waals surface area (Å²) < 4.78 is 4.97. The van der Waals surface area contributed by atoms with Crippen LogP contribution in [0.1, 0.15) is 58.6 Å². The predicted octanol–water partition coefficient (Wildman–Crippen LogP) is 7.43. The monoisotopic (exact) mass is 557 g/mol. The zero-order valence-electron chi connectivity index (χ0n) is 22.5. The number of amides is 2. The molecule has 0 atom stereocenters. The number of ether oxygens (including phenoxy) is 1. The molecular formula is C37H19NO5. The van der Waals surface area contributed by atoms with E-state index in [9.17, 15) is 19.2 Å². The molecule has 2 aliphatic rings. The molecule has 0 spiro atoms. The smallest absolute Gasteiger partial charge is 0.346 e. The summed E-state index contributed by atoms with van der Waals surface area (Å²) in [7, 11) is 0. The van der Waals surface area contributed by atoms with Crippen molar-refractivity contribution in [3.05, 3.63) is 143 Å². The van der Waals surface area contributed by atoms with Crippen LogP contribution in [0.5, 0.6) is 0 Å². The highest BCUT2D eigenvalue weighted by Crippen LogP contribution is 2.47. The van der Waals surface area contributed by atoms with Crippen LogP contribution in [0.2, 0.25) is 0 Å². The molecule has 9 rings (SSSR count). The minimum atomic E-state index is -0.667. The van der Waals surface area contributed by atoms with Gasteiger partial charge in [0.25, 0.3) is 11.8 Å². The number of rotatable bonds is 3. The van der Waals surface area contributed by atoms with E-state index in [1.54, 1.807) is 24.3 Å². The van der Waals surface area contributed by atoms with E-state index in [2.05, 4.69) is 0 Å². The molecule has 2 amide bonds. The Labute approximate surface area is 244 Å². The number of imide groups is 1. The van der Waals surface area contributed by atoms with Crippen LogP contribution in [0.15, 0.2) is 109 Å². The fourth-order valence-electron chi connectivity index (χ4n) is 7.13. The fourth-order valence-corrected chi connectivity index (χ4v) is 7.13. The first-order valence-electron chi connectivity index (χ1n) is 14.0. The molecule has 0 bridgehead atoms. The van der Waals surface area contributed by atoms with Crippen LogP contribution in [0.25, 0.3) is 43.1 Å². The van der Waals surface area contributed by atoms with Gasteiger partial charge in [0.1, 0.15) is 0 Å². The number of esters is 2. The van der Waals surface area contributed by atoms with Crippen molar-refractivity contribution in [2.24, 2.45) is 0 Å². The van der Waals surface area contributed by atoms with Gasteiger partial charge in [0.05, 0.1) is 17.2 Å². The van der Waals surface area contributed by atoms with Gasteiger partial charge in [-0.1, -0.05) is 84.9 Å². The van der Waals surface area contributed by atoms with Crippen molar-refractivity contribution in [1.29, 1.82) is 0 Å². The number of benzene rings is 7. The minimum absolute atomic E-state index is 0.345. The lowest BCUT2D eigenvalue weighted by Crippen LogP contribution is -2.43. The summed E-state index contributed by atoms with van der Waals surface area (Å²) in [4.78, 5) is 55.4. The van der Waals surface area contributed by atoms with E-state index < -0.39 is 18.0 Å². The third kappa shape index (κ3) is 3.01. The summed E-state index contributed by atoms with van der Waals surface area (Å²) in [5, 5.41) is 6.15. The number of cyclic esters (lactones) is 2. The van der Waals surface area contributed by atoms with E-state index in [0.29, 0.717) is 33.0 Å². The largest absolute Gasteiger partial charge is 0.386 e. The van der Waals surface area contributed by atoms with E-state index in [4.69, 9.17) is 4.74 Å². The average Bonchev–Trinajstić information content (AvgIpc) is 3.04.